The van der Waals surface area contributed by atoms with Gasteiger partial charge in [0.2, 0.25) is 0 Å². The number of carbonyl (C=O) groups is 1. The van der Waals surface area contributed by atoms with Crippen LogP contribution < -0.4 is 14.6 Å². The highest BCUT2D eigenvalue weighted by molar-refractivity contribution is 7.92. The van der Waals surface area contributed by atoms with Crippen molar-refractivity contribution in [3.05, 3.63) is 52.8 Å². The molecule has 2 heterocycles. The Morgan fingerprint density at radius 2 is 2.12 bits per heavy atom. The summed E-state index contributed by atoms with van der Waals surface area (Å²) in [6.07, 6.45) is 3.31. The van der Waals surface area contributed by atoms with Crippen LogP contribution in [0.15, 0.2) is 35.2 Å². The molecule has 182 valence electrons. The summed E-state index contributed by atoms with van der Waals surface area (Å²) in [6, 6.07) is 6.80. The molecule has 2 fully saturated rings. The van der Waals surface area contributed by atoms with Gasteiger partial charge in [-0.05, 0) is 86.0 Å². The number of anilines is 1. The molecule has 1 saturated heterocycles. The lowest BCUT2D eigenvalue weighted by Gasteiger charge is -2.32. The van der Waals surface area contributed by atoms with Gasteiger partial charge in [-0.3, -0.25) is 4.72 Å². The molecule has 7 nitrogen and oxygen atoms in total. The lowest BCUT2D eigenvalue weighted by atomic mass is 9.91. The van der Waals surface area contributed by atoms with E-state index in [0.717, 1.165) is 50.5 Å². The number of hydrogen-bond acceptors (Lipinski definition) is 6. The molecule has 2 aromatic carbocycles. The molecule has 5 rings (SSSR count). The zero-order valence-electron chi connectivity index (χ0n) is 19.1. The van der Waals surface area contributed by atoms with E-state index < -0.39 is 21.8 Å². The first-order valence-corrected chi connectivity index (χ1v) is 13.3. The summed E-state index contributed by atoms with van der Waals surface area (Å²) < 4.78 is 49.1. The second-order valence-corrected chi connectivity index (χ2v) is 11.2. The first-order valence-electron chi connectivity index (χ1n) is 11.8. The fourth-order valence-electron chi connectivity index (χ4n) is 5.42. The number of piperidine rings is 1. The van der Waals surface area contributed by atoms with Crippen molar-refractivity contribution in [2.24, 2.45) is 11.8 Å². The molecule has 3 atom stereocenters. The minimum absolute atomic E-state index is 0.0484. The second-order valence-electron chi connectivity index (χ2n) is 9.57. The van der Waals surface area contributed by atoms with E-state index in [2.05, 4.69) is 16.5 Å². The van der Waals surface area contributed by atoms with Gasteiger partial charge in [0.25, 0.3) is 10.0 Å². The SMILES string of the molecule is CCN1CCCC(Cc2cc(F)ccc2S(=O)(=O)Nc2ccc3c(c2C(=O)[O-])OCC2CC32)C1. The highest BCUT2D eigenvalue weighted by Gasteiger charge is 2.45. The van der Waals surface area contributed by atoms with Crippen LogP contribution in [-0.4, -0.2) is 45.5 Å². The molecule has 0 radical (unpaired) electrons. The maximum absolute atomic E-state index is 14.1. The molecular weight excluding hydrogens is 459 g/mol. The van der Waals surface area contributed by atoms with Crippen LogP contribution in [0.1, 0.15) is 53.6 Å². The Kier molecular flexibility index (Phi) is 6.02. The number of sulfonamides is 1. The maximum Gasteiger partial charge on any atom is 0.262 e. The van der Waals surface area contributed by atoms with Crippen LogP contribution >= 0.6 is 0 Å². The predicted octanol–water partition coefficient (Wildman–Crippen LogP) is 2.76. The first-order chi connectivity index (χ1) is 16.3. The van der Waals surface area contributed by atoms with Gasteiger partial charge in [-0.2, -0.15) is 0 Å². The number of carboxylic acid groups (broad SMARTS) is 1. The Morgan fingerprint density at radius 1 is 1.29 bits per heavy atom. The first kappa shape index (κ1) is 23.1. The topological polar surface area (TPSA) is 98.8 Å². The summed E-state index contributed by atoms with van der Waals surface area (Å²) in [5, 5.41) is 12.0. The second kappa shape index (κ2) is 8.85. The van der Waals surface area contributed by atoms with E-state index in [1.165, 1.54) is 18.2 Å². The van der Waals surface area contributed by atoms with Crippen molar-refractivity contribution < 1.29 is 27.4 Å². The van der Waals surface area contributed by atoms with Gasteiger partial charge in [0.1, 0.15) is 11.6 Å². The summed E-state index contributed by atoms with van der Waals surface area (Å²) in [6.45, 7) is 5.26. The lowest BCUT2D eigenvalue weighted by molar-refractivity contribution is -0.255. The van der Waals surface area contributed by atoms with E-state index in [0.29, 0.717) is 24.5 Å². The normalized spacial score (nSPS) is 24.0. The van der Waals surface area contributed by atoms with Crippen LogP contribution in [0.4, 0.5) is 10.1 Å². The monoisotopic (exact) mass is 487 g/mol. The number of likely N-dealkylation sites (tertiary alicyclic amines) is 1. The summed E-state index contributed by atoms with van der Waals surface area (Å²) >= 11 is 0. The third-order valence-electron chi connectivity index (χ3n) is 7.27. The number of hydrogen-bond donors (Lipinski definition) is 1. The minimum atomic E-state index is -4.19. The number of rotatable bonds is 7. The molecule has 1 saturated carbocycles. The Bertz CT molecular complexity index is 1230. The van der Waals surface area contributed by atoms with Crippen molar-refractivity contribution in [3.8, 4) is 5.75 Å². The van der Waals surface area contributed by atoms with E-state index in [1.807, 2.05) is 0 Å². The van der Waals surface area contributed by atoms with E-state index in [1.54, 1.807) is 6.07 Å². The van der Waals surface area contributed by atoms with Gasteiger partial charge in [-0.15, -0.1) is 0 Å². The Balaban J connectivity index is 1.46. The van der Waals surface area contributed by atoms with Crippen molar-refractivity contribution in [1.82, 2.24) is 4.90 Å². The number of aromatic carboxylic acids is 1. The number of carbonyl (C=O) groups excluding carboxylic acids is 1. The van der Waals surface area contributed by atoms with E-state index in [-0.39, 0.29) is 33.7 Å². The van der Waals surface area contributed by atoms with Gasteiger partial charge in [0.15, 0.2) is 0 Å². The van der Waals surface area contributed by atoms with Gasteiger partial charge in [0, 0.05) is 12.5 Å². The molecule has 2 aliphatic heterocycles. The van der Waals surface area contributed by atoms with Crippen LogP contribution in [0.3, 0.4) is 0 Å². The van der Waals surface area contributed by atoms with Gasteiger partial charge in [-0.1, -0.05) is 13.0 Å². The Morgan fingerprint density at radius 3 is 2.88 bits per heavy atom. The van der Waals surface area contributed by atoms with Crippen molar-refractivity contribution >= 4 is 21.7 Å². The van der Waals surface area contributed by atoms with Crippen molar-refractivity contribution in [2.45, 2.75) is 43.4 Å². The molecule has 0 spiro atoms. The van der Waals surface area contributed by atoms with Crippen LogP contribution in [0.2, 0.25) is 0 Å². The Hall–Kier alpha value is -2.65. The molecule has 3 aliphatic rings. The van der Waals surface area contributed by atoms with Crippen LogP contribution in [-0.2, 0) is 16.4 Å². The Labute approximate surface area is 199 Å². The number of fused-ring (bicyclic) bond motifs is 3. The molecule has 0 amide bonds. The summed E-state index contributed by atoms with van der Waals surface area (Å²) in [5.41, 5.74) is 0.767. The van der Waals surface area contributed by atoms with Gasteiger partial charge in [0.05, 0.1) is 28.7 Å². The predicted molar refractivity (Wildman–Crippen MR) is 123 cm³/mol. The van der Waals surface area contributed by atoms with Gasteiger partial charge in [-0.25, -0.2) is 12.8 Å². The molecule has 9 heteroatoms. The third kappa shape index (κ3) is 4.38. The van der Waals surface area contributed by atoms with Gasteiger partial charge < -0.3 is 19.5 Å². The number of nitrogens with zero attached hydrogens (tertiary/aromatic N) is 1. The highest BCUT2D eigenvalue weighted by atomic mass is 32.2. The average Bonchev–Trinajstić information content (AvgIpc) is 3.58. The molecule has 0 bridgehead atoms. The average molecular weight is 488 g/mol. The lowest BCUT2D eigenvalue weighted by Crippen LogP contribution is -2.36. The van der Waals surface area contributed by atoms with E-state index >= 15 is 0 Å². The van der Waals surface area contributed by atoms with Crippen LogP contribution in [0, 0.1) is 17.7 Å². The van der Waals surface area contributed by atoms with Gasteiger partial charge >= 0.3 is 0 Å². The summed E-state index contributed by atoms with van der Waals surface area (Å²) in [5.74, 6) is -0.986. The van der Waals surface area contributed by atoms with Crippen LogP contribution in [0.5, 0.6) is 5.75 Å². The molecular formula is C25H28FN2O5S-. The van der Waals surface area contributed by atoms with Crippen molar-refractivity contribution in [2.75, 3.05) is 31.0 Å². The number of halogens is 1. The fraction of sp³-hybridized carbons (Fsp3) is 0.480. The molecule has 34 heavy (non-hydrogen) atoms. The van der Waals surface area contributed by atoms with Crippen LogP contribution in [0.25, 0.3) is 0 Å². The summed E-state index contributed by atoms with van der Waals surface area (Å²) in [4.78, 5) is 14.3. The molecule has 1 N–H and O–H groups in total. The number of benzene rings is 2. The molecule has 3 unspecified atom stereocenters. The van der Waals surface area contributed by atoms with E-state index in [4.69, 9.17) is 4.74 Å². The maximum atomic E-state index is 14.1. The zero-order chi connectivity index (χ0) is 24.0. The third-order valence-corrected chi connectivity index (χ3v) is 8.74. The summed E-state index contributed by atoms with van der Waals surface area (Å²) in [7, 11) is -4.19. The molecule has 1 aliphatic carbocycles. The fourth-order valence-corrected chi connectivity index (χ4v) is 6.73. The van der Waals surface area contributed by atoms with Crippen molar-refractivity contribution in [3.63, 3.8) is 0 Å². The standard InChI is InChI=1S/C25H29FN2O5S/c1-2-28-9-3-4-15(13-28)10-16-11-18(26)5-8-22(16)34(31,32)27-21-7-6-19-20-12-17(20)14-33-24(19)23(21)25(29)30/h5-8,11,15,17,20,27H,2-4,9-10,12-14H2,1H3,(H,29,30)/p-1. The largest absolute Gasteiger partial charge is 0.545 e. The molecule has 0 aromatic heterocycles. The minimum Gasteiger partial charge on any atom is -0.545 e. The molecule has 2 aromatic rings. The smallest absolute Gasteiger partial charge is 0.262 e. The zero-order valence-corrected chi connectivity index (χ0v) is 19.9. The number of carboxylic acids is 1. The quantitative estimate of drug-likeness (QED) is 0.645. The van der Waals surface area contributed by atoms with E-state index in [9.17, 15) is 22.7 Å². The number of nitrogens with one attached hydrogen (secondary N) is 1. The van der Waals surface area contributed by atoms with Crippen molar-refractivity contribution in [1.29, 1.82) is 0 Å². The highest BCUT2D eigenvalue weighted by Crippen LogP contribution is 2.55. The number of ether oxygens (including phenoxy) is 1.